The molecule has 0 aromatic rings. The SMILES string of the molecule is CC1(C)CCC/C1=C\[Si](C)(C)C. The molecule has 1 fully saturated rings. The molecule has 12 heavy (non-hydrogen) atoms. The van der Waals surface area contributed by atoms with E-state index < -0.39 is 8.07 Å². The van der Waals surface area contributed by atoms with E-state index in [2.05, 4.69) is 39.2 Å². The Morgan fingerprint density at radius 2 is 1.83 bits per heavy atom. The minimum Gasteiger partial charge on any atom is -0.0953 e. The van der Waals surface area contributed by atoms with Crippen molar-refractivity contribution in [1.82, 2.24) is 0 Å². The van der Waals surface area contributed by atoms with Gasteiger partial charge in [-0.2, -0.15) is 0 Å². The molecule has 0 spiro atoms. The van der Waals surface area contributed by atoms with Crippen molar-refractivity contribution in [3.05, 3.63) is 11.3 Å². The molecular formula is C11H22Si. The van der Waals surface area contributed by atoms with Crippen molar-refractivity contribution < 1.29 is 0 Å². The Hall–Kier alpha value is -0.0431. The van der Waals surface area contributed by atoms with Crippen LogP contribution in [0, 0.1) is 5.41 Å². The van der Waals surface area contributed by atoms with E-state index >= 15 is 0 Å². The van der Waals surface area contributed by atoms with Gasteiger partial charge in [0.2, 0.25) is 0 Å². The molecule has 0 amide bonds. The van der Waals surface area contributed by atoms with Crippen LogP contribution >= 0.6 is 0 Å². The van der Waals surface area contributed by atoms with Crippen LogP contribution in [0.5, 0.6) is 0 Å². The number of hydrogen-bond donors (Lipinski definition) is 0. The third-order valence-electron chi connectivity index (χ3n) is 2.72. The topological polar surface area (TPSA) is 0 Å². The van der Waals surface area contributed by atoms with Gasteiger partial charge >= 0.3 is 0 Å². The third kappa shape index (κ3) is 2.48. The molecular weight excluding hydrogens is 160 g/mol. The summed E-state index contributed by atoms with van der Waals surface area (Å²) in [5.74, 6) is 0. The van der Waals surface area contributed by atoms with Gasteiger partial charge in [-0.3, -0.25) is 0 Å². The highest BCUT2D eigenvalue weighted by Gasteiger charge is 2.29. The van der Waals surface area contributed by atoms with Gasteiger partial charge < -0.3 is 0 Å². The second kappa shape index (κ2) is 3.02. The van der Waals surface area contributed by atoms with E-state index in [1.54, 1.807) is 5.57 Å². The molecule has 0 aromatic heterocycles. The maximum Gasteiger partial charge on any atom is 0.0686 e. The highest BCUT2D eigenvalue weighted by molar-refractivity contribution is 6.81. The first-order valence-corrected chi connectivity index (χ1v) is 8.61. The maximum atomic E-state index is 2.61. The number of allylic oxidation sites excluding steroid dienone is 1. The lowest BCUT2D eigenvalue weighted by atomic mass is 9.88. The van der Waals surface area contributed by atoms with Crippen LogP contribution in [0.4, 0.5) is 0 Å². The molecule has 0 aliphatic heterocycles. The standard InChI is InChI=1S/C11H22Si/c1-11(2)8-6-7-10(11)9-12(3,4)5/h9H,6-8H2,1-5H3/b10-9+. The molecule has 70 valence electrons. The second-order valence-corrected chi connectivity index (χ2v) is 10.8. The lowest BCUT2D eigenvalue weighted by molar-refractivity contribution is 0.462. The van der Waals surface area contributed by atoms with E-state index in [1.807, 2.05) is 0 Å². The van der Waals surface area contributed by atoms with Crippen molar-refractivity contribution in [3.8, 4) is 0 Å². The highest BCUT2D eigenvalue weighted by atomic mass is 28.3. The van der Waals surface area contributed by atoms with Gasteiger partial charge in [0.1, 0.15) is 0 Å². The Bertz CT molecular complexity index is 194. The monoisotopic (exact) mass is 182 g/mol. The summed E-state index contributed by atoms with van der Waals surface area (Å²) in [4.78, 5) is 0. The molecule has 1 aliphatic rings. The summed E-state index contributed by atoms with van der Waals surface area (Å²) in [6.45, 7) is 12.1. The first kappa shape index (κ1) is 10.0. The van der Waals surface area contributed by atoms with Crippen molar-refractivity contribution >= 4 is 8.07 Å². The lowest BCUT2D eigenvalue weighted by Crippen LogP contribution is -2.20. The molecule has 0 aromatic carbocycles. The van der Waals surface area contributed by atoms with Crippen molar-refractivity contribution in [3.63, 3.8) is 0 Å². The molecule has 1 aliphatic carbocycles. The van der Waals surface area contributed by atoms with Gasteiger partial charge in [0.15, 0.2) is 0 Å². The summed E-state index contributed by atoms with van der Waals surface area (Å²) in [7, 11) is -0.973. The van der Waals surface area contributed by atoms with E-state index in [1.165, 1.54) is 19.3 Å². The molecule has 0 unspecified atom stereocenters. The van der Waals surface area contributed by atoms with Crippen LogP contribution in [0.15, 0.2) is 11.3 Å². The minimum atomic E-state index is -0.973. The molecule has 0 radical (unpaired) electrons. The van der Waals surface area contributed by atoms with E-state index in [-0.39, 0.29) is 0 Å². The largest absolute Gasteiger partial charge is 0.0953 e. The quantitative estimate of drug-likeness (QED) is 0.538. The lowest BCUT2D eigenvalue weighted by Gasteiger charge is -2.23. The molecule has 1 heteroatoms. The molecule has 0 nitrogen and oxygen atoms in total. The van der Waals surface area contributed by atoms with Gasteiger partial charge in [-0.25, -0.2) is 0 Å². The summed E-state index contributed by atoms with van der Waals surface area (Å²) in [6.07, 6.45) is 4.16. The Balaban J connectivity index is 2.82. The molecule has 0 saturated heterocycles. The molecule has 0 atom stereocenters. The van der Waals surface area contributed by atoms with Crippen LogP contribution in [0.3, 0.4) is 0 Å². The summed E-state index contributed by atoms with van der Waals surface area (Å²) in [5, 5.41) is 0. The maximum absolute atomic E-state index is 2.61. The van der Waals surface area contributed by atoms with Gasteiger partial charge in [-0.1, -0.05) is 44.8 Å². The Labute approximate surface area is 78.1 Å². The molecule has 1 rings (SSSR count). The predicted octanol–water partition coefficient (Wildman–Crippen LogP) is 4.00. The van der Waals surface area contributed by atoms with E-state index in [4.69, 9.17) is 0 Å². The van der Waals surface area contributed by atoms with Gasteiger partial charge in [0.25, 0.3) is 0 Å². The zero-order valence-corrected chi connectivity index (χ0v) is 10.2. The summed E-state index contributed by atoms with van der Waals surface area (Å²) >= 11 is 0. The van der Waals surface area contributed by atoms with Crippen LogP contribution < -0.4 is 0 Å². The molecule has 0 bridgehead atoms. The average Bonchev–Trinajstić information content (AvgIpc) is 2.07. The number of hydrogen-bond acceptors (Lipinski definition) is 0. The zero-order chi connectivity index (χ0) is 9.41. The van der Waals surface area contributed by atoms with Crippen molar-refractivity contribution in [2.75, 3.05) is 0 Å². The van der Waals surface area contributed by atoms with Crippen LogP contribution in [-0.4, -0.2) is 8.07 Å². The van der Waals surface area contributed by atoms with Crippen LogP contribution in [0.1, 0.15) is 33.1 Å². The van der Waals surface area contributed by atoms with Crippen LogP contribution in [0.25, 0.3) is 0 Å². The minimum absolute atomic E-state index is 0.514. The fourth-order valence-corrected chi connectivity index (χ4v) is 3.59. The summed E-state index contributed by atoms with van der Waals surface area (Å²) < 4.78 is 0. The molecule has 0 heterocycles. The van der Waals surface area contributed by atoms with E-state index in [9.17, 15) is 0 Å². The van der Waals surface area contributed by atoms with E-state index in [0.29, 0.717) is 5.41 Å². The van der Waals surface area contributed by atoms with Crippen molar-refractivity contribution in [2.45, 2.75) is 52.8 Å². The molecule has 0 N–H and O–H groups in total. The average molecular weight is 182 g/mol. The van der Waals surface area contributed by atoms with Gasteiger partial charge in [-0.15, -0.1) is 0 Å². The first-order chi connectivity index (χ1) is 5.31. The Morgan fingerprint density at radius 3 is 2.17 bits per heavy atom. The summed E-state index contributed by atoms with van der Waals surface area (Å²) in [6, 6.07) is 0. The van der Waals surface area contributed by atoms with Crippen molar-refractivity contribution in [2.24, 2.45) is 5.41 Å². The first-order valence-electron chi connectivity index (χ1n) is 5.03. The van der Waals surface area contributed by atoms with Gasteiger partial charge in [0.05, 0.1) is 8.07 Å². The smallest absolute Gasteiger partial charge is 0.0686 e. The zero-order valence-electron chi connectivity index (χ0n) is 9.20. The van der Waals surface area contributed by atoms with Crippen LogP contribution in [0.2, 0.25) is 19.6 Å². The highest BCUT2D eigenvalue weighted by Crippen LogP contribution is 2.42. The van der Waals surface area contributed by atoms with E-state index in [0.717, 1.165) is 0 Å². The third-order valence-corrected chi connectivity index (χ3v) is 3.94. The summed E-state index contributed by atoms with van der Waals surface area (Å²) in [5.41, 5.74) is 4.86. The fourth-order valence-electron chi connectivity index (χ4n) is 2.01. The molecule has 1 saturated carbocycles. The fraction of sp³-hybridized carbons (Fsp3) is 0.818. The number of rotatable bonds is 1. The predicted molar refractivity (Wildman–Crippen MR) is 59.1 cm³/mol. The van der Waals surface area contributed by atoms with Crippen molar-refractivity contribution in [1.29, 1.82) is 0 Å². The Morgan fingerprint density at radius 1 is 1.25 bits per heavy atom. The normalized spacial score (nSPS) is 26.6. The second-order valence-electron chi connectivity index (χ2n) is 5.77. The Kier molecular flexibility index (Phi) is 2.53. The van der Waals surface area contributed by atoms with Gasteiger partial charge in [-0.05, 0) is 24.7 Å². The van der Waals surface area contributed by atoms with Crippen LogP contribution in [-0.2, 0) is 0 Å². The van der Waals surface area contributed by atoms with Gasteiger partial charge in [0, 0.05) is 0 Å².